The van der Waals surface area contributed by atoms with Crippen molar-refractivity contribution in [2.45, 2.75) is 26.4 Å². The minimum absolute atomic E-state index is 0.0755. The number of halogens is 3. The summed E-state index contributed by atoms with van der Waals surface area (Å²) < 4.78 is 44.5. The quantitative estimate of drug-likeness (QED) is 0.667. The van der Waals surface area contributed by atoms with E-state index in [1.807, 2.05) is 18.7 Å². The summed E-state index contributed by atoms with van der Waals surface area (Å²) in [4.78, 5) is 30.8. The maximum Gasteiger partial charge on any atom is 0.416 e. The fraction of sp³-hybridized carbons (Fsp3) is 0.478. The number of carbonyl (C=O) groups excluding carboxylic acids is 2. The Hall–Kier alpha value is -2.81. The molecule has 1 saturated heterocycles. The predicted molar refractivity (Wildman–Crippen MR) is 114 cm³/mol. The minimum Gasteiger partial charge on any atom is -0.451 e. The molecule has 0 unspecified atom stereocenters. The average Bonchev–Trinajstić information content (AvgIpc) is 3.15. The van der Waals surface area contributed by atoms with E-state index in [1.54, 1.807) is 9.80 Å². The molecule has 0 radical (unpaired) electrons. The summed E-state index contributed by atoms with van der Waals surface area (Å²) >= 11 is 0. The Morgan fingerprint density at radius 2 is 1.78 bits per heavy atom. The van der Waals surface area contributed by atoms with Crippen molar-refractivity contribution >= 4 is 11.8 Å². The average molecular weight is 451 g/mol. The third kappa shape index (κ3) is 5.70. The van der Waals surface area contributed by atoms with Gasteiger partial charge in [-0.15, -0.1) is 0 Å². The fourth-order valence-corrected chi connectivity index (χ4v) is 3.81. The van der Waals surface area contributed by atoms with Crippen LogP contribution in [0.5, 0.6) is 0 Å². The third-order valence-corrected chi connectivity index (χ3v) is 5.64. The second kappa shape index (κ2) is 10.2. The van der Waals surface area contributed by atoms with Gasteiger partial charge in [0.1, 0.15) is 5.76 Å². The van der Waals surface area contributed by atoms with Crippen molar-refractivity contribution in [1.29, 1.82) is 0 Å². The van der Waals surface area contributed by atoms with Gasteiger partial charge >= 0.3 is 6.18 Å². The lowest BCUT2D eigenvalue weighted by molar-refractivity contribution is -0.137. The molecular weight excluding hydrogens is 423 g/mol. The first-order valence-corrected chi connectivity index (χ1v) is 10.8. The first-order valence-electron chi connectivity index (χ1n) is 10.8. The number of amides is 2. The van der Waals surface area contributed by atoms with E-state index in [1.165, 1.54) is 24.3 Å². The van der Waals surface area contributed by atoms with Crippen molar-refractivity contribution in [3.8, 4) is 11.3 Å². The molecule has 6 nitrogen and oxygen atoms in total. The zero-order chi connectivity index (χ0) is 23.3. The van der Waals surface area contributed by atoms with Crippen LogP contribution in [0.15, 0.2) is 40.8 Å². The highest BCUT2D eigenvalue weighted by Crippen LogP contribution is 2.32. The van der Waals surface area contributed by atoms with Gasteiger partial charge in [-0.25, -0.2) is 0 Å². The molecule has 2 heterocycles. The van der Waals surface area contributed by atoms with Crippen molar-refractivity contribution in [3.05, 3.63) is 47.7 Å². The number of carbonyl (C=O) groups is 2. The summed E-state index contributed by atoms with van der Waals surface area (Å²) in [7, 11) is 0. The van der Waals surface area contributed by atoms with Crippen molar-refractivity contribution in [2.75, 3.05) is 45.8 Å². The number of hydrogen-bond acceptors (Lipinski definition) is 4. The Morgan fingerprint density at radius 3 is 2.47 bits per heavy atom. The smallest absolute Gasteiger partial charge is 0.416 e. The van der Waals surface area contributed by atoms with Gasteiger partial charge in [-0.05, 0) is 44.5 Å². The molecular formula is C23H28F3N3O3. The van der Waals surface area contributed by atoms with Crippen molar-refractivity contribution < 1.29 is 27.2 Å². The third-order valence-electron chi connectivity index (χ3n) is 5.64. The van der Waals surface area contributed by atoms with E-state index < -0.39 is 11.7 Å². The Bertz CT molecular complexity index is 938. The van der Waals surface area contributed by atoms with E-state index in [0.29, 0.717) is 45.8 Å². The van der Waals surface area contributed by atoms with Crippen LogP contribution >= 0.6 is 0 Å². The van der Waals surface area contributed by atoms with Gasteiger partial charge in [-0.3, -0.25) is 14.5 Å². The van der Waals surface area contributed by atoms with Gasteiger partial charge in [0.25, 0.3) is 5.91 Å². The molecule has 0 spiro atoms. The second-order valence-corrected chi connectivity index (χ2v) is 7.73. The molecule has 174 valence electrons. The van der Waals surface area contributed by atoms with Gasteiger partial charge in [0.2, 0.25) is 5.91 Å². The standard InChI is InChI=1S/C23H28F3N3O3/c1-3-28(4-2)21(30)16-27-11-6-12-29(14-13-27)22(31)20-10-9-19(32-20)17-7-5-8-18(15-17)23(24,25)26/h5,7-10,15H,3-4,6,11-14,16H2,1-2H3. The Balaban J connectivity index is 1.64. The number of benzene rings is 1. The normalized spacial score (nSPS) is 15.5. The molecule has 1 aliphatic rings. The van der Waals surface area contributed by atoms with Crippen LogP contribution in [0.25, 0.3) is 11.3 Å². The zero-order valence-corrected chi connectivity index (χ0v) is 18.3. The number of furan rings is 1. The van der Waals surface area contributed by atoms with Crippen LogP contribution in [0, 0.1) is 0 Å². The molecule has 0 N–H and O–H groups in total. The molecule has 3 rings (SSSR count). The lowest BCUT2D eigenvalue weighted by atomic mass is 10.1. The van der Waals surface area contributed by atoms with E-state index >= 15 is 0 Å². The topological polar surface area (TPSA) is 57.0 Å². The lowest BCUT2D eigenvalue weighted by Gasteiger charge is -2.25. The van der Waals surface area contributed by atoms with E-state index in [2.05, 4.69) is 0 Å². The molecule has 1 aliphatic heterocycles. The number of alkyl halides is 3. The highest BCUT2D eigenvalue weighted by molar-refractivity contribution is 5.92. The summed E-state index contributed by atoms with van der Waals surface area (Å²) in [6.45, 7) is 7.80. The molecule has 0 saturated carbocycles. The molecule has 0 bridgehead atoms. The second-order valence-electron chi connectivity index (χ2n) is 7.73. The van der Waals surface area contributed by atoms with Crippen molar-refractivity contribution in [3.63, 3.8) is 0 Å². The molecule has 32 heavy (non-hydrogen) atoms. The number of hydrogen-bond donors (Lipinski definition) is 0. The molecule has 1 aromatic heterocycles. The molecule has 2 aromatic rings. The van der Waals surface area contributed by atoms with E-state index in [4.69, 9.17) is 4.42 Å². The van der Waals surface area contributed by atoms with Crippen LogP contribution in [-0.2, 0) is 11.0 Å². The minimum atomic E-state index is -4.45. The molecule has 0 atom stereocenters. The van der Waals surface area contributed by atoms with Crippen LogP contribution in [0.3, 0.4) is 0 Å². The van der Waals surface area contributed by atoms with Gasteiger partial charge in [-0.1, -0.05) is 12.1 Å². The van der Waals surface area contributed by atoms with Gasteiger partial charge in [-0.2, -0.15) is 13.2 Å². The zero-order valence-electron chi connectivity index (χ0n) is 18.3. The Kier molecular flexibility index (Phi) is 7.60. The fourth-order valence-electron chi connectivity index (χ4n) is 3.81. The van der Waals surface area contributed by atoms with E-state index in [9.17, 15) is 22.8 Å². The van der Waals surface area contributed by atoms with Gasteiger partial charge < -0.3 is 14.2 Å². The highest BCUT2D eigenvalue weighted by Gasteiger charge is 2.31. The maximum atomic E-state index is 13.0. The summed E-state index contributed by atoms with van der Waals surface area (Å²) in [6, 6.07) is 7.82. The highest BCUT2D eigenvalue weighted by atomic mass is 19.4. The van der Waals surface area contributed by atoms with Crippen molar-refractivity contribution in [2.24, 2.45) is 0 Å². The monoisotopic (exact) mass is 451 g/mol. The maximum absolute atomic E-state index is 13.0. The lowest BCUT2D eigenvalue weighted by Crippen LogP contribution is -2.42. The van der Waals surface area contributed by atoms with Gasteiger partial charge in [0, 0.05) is 44.8 Å². The molecule has 9 heteroatoms. The van der Waals surface area contributed by atoms with E-state index in [-0.39, 0.29) is 28.9 Å². The summed E-state index contributed by atoms with van der Waals surface area (Å²) in [6.07, 6.45) is -3.73. The number of rotatable bonds is 6. The molecule has 2 amide bonds. The first-order chi connectivity index (χ1) is 15.2. The number of nitrogens with zero attached hydrogens (tertiary/aromatic N) is 3. The summed E-state index contributed by atoms with van der Waals surface area (Å²) in [5.74, 6) is 0.0671. The van der Waals surface area contributed by atoms with E-state index in [0.717, 1.165) is 18.6 Å². The SMILES string of the molecule is CCN(CC)C(=O)CN1CCCN(C(=O)c2ccc(-c3cccc(C(F)(F)F)c3)o2)CC1. The summed E-state index contributed by atoms with van der Waals surface area (Å²) in [5.41, 5.74) is -0.512. The predicted octanol–water partition coefficient (Wildman–Crippen LogP) is 3.98. The molecule has 0 aliphatic carbocycles. The molecule has 1 aromatic carbocycles. The number of likely N-dealkylation sites (N-methyl/N-ethyl adjacent to an activating group) is 1. The molecule has 1 fully saturated rings. The van der Waals surface area contributed by atoms with Gasteiger partial charge in [0.15, 0.2) is 5.76 Å². The summed E-state index contributed by atoms with van der Waals surface area (Å²) in [5, 5.41) is 0. The largest absolute Gasteiger partial charge is 0.451 e. The van der Waals surface area contributed by atoms with Crippen molar-refractivity contribution in [1.82, 2.24) is 14.7 Å². The Labute approximate surface area is 185 Å². The van der Waals surface area contributed by atoms with Crippen LogP contribution in [0.2, 0.25) is 0 Å². The first kappa shape index (κ1) is 23.8. The van der Waals surface area contributed by atoms with Crippen LogP contribution in [0.4, 0.5) is 13.2 Å². The van der Waals surface area contributed by atoms with Crippen LogP contribution < -0.4 is 0 Å². The van der Waals surface area contributed by atoms with Crippen LogP contribution in [-0.4, -0.2) is 72.3 Å². The van der Waals surface area contributed by atoms with Gasteiger partial charge in [0.05, 0.1) is 12.1 Å². The Morgan fingerprint density at radius 1 is 1.03 bits per heavy atom. The van der Waals surface area contributed by atoms with Crippen LogP contribution in [0.1, 0.15) is 36.4 Å².